The van der Waals surface area contributed by atoms with Crippen LogP contribution in [0.2, 0.25) is 0 Å². The van der Waals surface area contributed by atoms with Gasteiger partial charge < -0.3 is 20.1 Å². The quantitative estimate of drug-likeness (QED) is 0.510. The molecule has 174 valence electrons. The third kappa shape index (κ3) is 3.38. The van der Waals surface area contributed by atoms with Crippen molar-refractivity contribution in [1.82, 2.24) is 5.32 Å². The number of rotatable bonds is 2. The Morgan fingerprint density at radius 2 is 1.69 bits per heavy atom. The van der Waals surface area contributed by atoms with Crippen molar-refractivity contribution in [2.75, 3.05) is 11.9 Å². The SMILES string of the molecule is C=CC1=C(C=C)/C(=C2\C(=O)OC/C=C3C(=C/C2C)\OC(=O)C\3=C2\C(=O)Nc3ccccc32)C(=O)N1. The van der Waals surface area contributed by atoms with Gasteiger partial charge in [-0.25, -0.2) is 9.59 Å². The lowest BCUT2D eigenvalue weighted by atomic mass is 9.90. The van der Waals surface area contributed by atoms with Crippen LogP contribution in [0.5, 0.6) is 0 Å². The third-order valence-corrected chi connectivity index (χ3v) is 6.15. The molecule has 1 aromatic carbocycles. The normalized spacial score (nSPS) is 28.8. The Balaban J connectivity index is 1.67. The first-order valence-corrected chi connectivity index (χ1v) is 10.9. The molecule has 0 aliphatic carbocycles. The predicted octanol–water partition coefficient (Wildman–Crippen LogP) is 3.00. The van der Waals surface area contributed by atoms with E-state index in [4.69, 9.17) is 9.47 Å². The zero-order valence-corrected chi connectivity index (χ0v) is 18.8. The number of para-hydroxylation sites is 1. The van der Waals surface area contributed by atoms with Crippen molar-refractivity contribution in [2.45, 2.75) is 6.92 Å². The lowest BCUT2D eigenvalue weighted by molar-refractivity contribution is -0.138. The van der Waals surface area contributed by atoms with E-state index >= 15 is 0 Å². The van der Waals surface area contributed by atoms with Crippen LogP contribution in [-0.4, -0.2) is 30.4 Å². The monoisotopic (exact) mass is 468 g/mol. The summed E-state index contributed by atoms with van der Waals surface area (Å²) in [6.07, 6.45) is 6.03. The Labute approximate surface area is 200 Å². The maximum atomic E-state index is 13.1. The smallest absolute Gasteiger partial charge is 0.345 e. The van der Waals surface area contributed by atoms with Gasteiger partial charge in [0.1, 0.15) is 12.4 Å². The molecule has 35 heavy (non-hydrogen) atoms. The standard InChI is InChI=1S/C27H20N2O6/c1-4-14-17(5-2)28-24(30)21(14)20-13(3)12-19-16(10-11-34-26(20)32)23(27(33)35-19)22-15-8-6-7-9-18(15)29-25(22)31/h4-10,12-13H,1-2,11H2,3H3,(H,28,30)(H,29,31)/b16-10+,19-12+,21-20+,23-22+. The summed E-state index contributed by atoms with van der Waals surface area (Å²) in [5, 5.41) is 5.43. The van der Waals surface area contributed by atoms with Crippen LogP contribution >= 0.6 is 0 Å². The van der Waals surface area contributed by atoms with Crippen LogP contribution in [0.4, 0.5) is 5.69 Å². The van der Waals surface area contributed by atoms with Crippen molar-refractivity contribution < 1.29 is 28.7 Å². The maximum absolute atomic E-state index is 13.1. The molecule has 1 atom stereocenters. The van der Waals surface area contributed by atoms with Gasteiger partial charge in [0.15, 0.2) is 0 Å². The minimum Gasteiger partial charge on any atom is -0.458 e. The minimum atomic E-state index is -0.689. The summed E-state index contributed by atoms with van der Waals surface area (Å²) in [6, 6.07) is 7.03. The predicted molar refractivity (Wildman–Crippen MR) is 127 cm³/mol. The van der Waals surface area contributed by atoms with Gasteiger partial charge in [-0.3, -0.25) is 9.59 Å². The van der Waals surface area contributed by atoms with E-state index in [9.17, 15) is 19.2 Å². The van der Waals surface area contributed by atoms with Crippen LogP contribution in [0.3, 0.4) is 0 Å². The number of anilines is 1. The van der Waals surface area contributed by atoms with Crippen molar-refractivity contribution >= 4 is 35.0 Å². The molecule has 8 heteroatoms. The molecular formula is C27H20N2O6. The highest BCUT2D eigenvalue weighted by Gasteiger charge is 2.40. The molecule has 0 radical (unpaired) electrons. The summed E-state index contributed by atoms with van der Waals surface area (Å²) in [5.41, 5.74) is 2.90. The van der Waals surface area contributed by atoms with Gasteiger partial charge in [-0.15, -0.1) is 0 Å². The molecule has 1 saturated heterocycles. The summed E-state index contributed by atoms with van der Waals surface area (Å²) in [6.45, 7) is 8.93. The summed E-state index contributed by atoms with van der Waals surface area (Å²) < 4.78 is 11.0. The highest BCUT2D eigenvalue weighted by molar-refractivity contribution is 6.36. The van der Waals surface area contributed by atoms with Gasteiger partial charge in [0.2, 0.25) is 0 Å². The number of carbonyl (C=O) groups excluding carboxylic acids is 4. The number of cyclic esters (lactones) is 1. The van der Waals surface area contributed by atoms with Crippen molar-refractivity contribution in [3.63, 3.8) is 0 Å². The molecule has 0 aromatic heterocycles. The number of amides is 2. The van der Waals surface area contributed by atoms with Crippen molar-refractivity contribution in [1.29, 1.82) is 0 Å². The molecule has 4 heterocycles. The van der Waals surface area contributed by atoms with Gasteiger partial charge in [-0.05, 0) is 24.3 Å². The zero-order valence-electron chi connectivity index (χ0n) is 18.8. The van der Waals surface area contributed by atoms with E-state index in [1.165, 1.54) is 18.2 Å². The van der Waals surface area contributed by atoms with Crippen LogP contribution in [0.1, 0.15) is 12.5 Å². The molecule has 1 fully saturated rings. The Bertz CT molecular complexity index is 1430. The average molecular weight is 468 g/mol. The van der Waals surface area contributed by atoms with Crippen LogP contribution < -0.4 is 10.6 Å². The summed E-state index contributed by atoms with van der Waals surface area (Å²) in [4.78, 5) is 51.6. The number of allylic oxidation sites excluding steroid dienone is 4. The fourth-order valence-corrected chi connectivity index (χ4v) is 4.62. The second kappa shape index (κ2) is 8.25. The second-order valence-corrected chi connectivity index (χ2v) is 8.15. The fourth-order valence-electron chi connectivity index (χ4n) is 4.62. The van der Waals surface area contributed by atoms with E-state index in [-0.39, 0.29) is 34.7 Å². The number of carbonyl (C=O) groups is 4. The number of nitrogens with one attached hydrogen (secondary N) is 2. The van der Waals surface area contributed by atoms with Crippen molar-refractivity contribution in [2.24, 2.45) is 5.92 Å². The van der Waals surface area contributed by atoms with Gasteiger partial charge >= 0.3 is 11.9 Å². The highest BCUT2D eigenvalue weighted by Crippen LogP contribution is 2.42. The molecule has 0 saturated carbocycles. The van der Waals surface area contributed by atoms with Crippen LogP contribution in [-0.2, 0) is 28.7 Å². The molecule has 5 rings (SSSR count). The lowest BCUT2D eigenvalue weighted by Gasteiger charge is -2.14. The maximum Gasteiger partial charge on any atom is 0.345 e. The number of ether oxygens (including phenoxy) is 2. The molecule has 1 unspecified atom stereocenters. The van der Waals surface area contributed by atoms with Crippen LogP contribution in [0, 0.1) is 5.92 Å². The van der Waals surface area contributed by atoms with E-state index in [1.807, 2.05) is 0 Å². The van der Waals surface area contributed by atoms with Gasteiger partial charge in [0, 0.05) is 34.0 Å². The number of esters is 2. The van der Waals surface area contributed by atoms with Gasteiger partial charge in [0.05, 0.1) is 22.3 Å². The summed E-state index contributed by atoms with van der Waals surface area (Å²) >= 11 is 0. The highest BCUT2D eigenvalue weighted by atomic mass is 16.5. The Kier molecular flexibility index (Phi) is 5.21. The summed E-state index contributed by atoms with van der Waals surface area (Å²) in [7, 11) is 0. The number of hydrogen-bond acceptors (Lipinski definition) is 6. The first-order chi connectivity index (χ1) is 16.8. The number of hydrogen-bond donors (Lipinski definition) is 2. The molecule has 8 nitrogen and oxygen atoms in total. The van der Waals surface area contributed by atoms with Crippen molar-refractivity contribution in [3.8, 4) is 0 Å². The molecule has 4 aliphatic rings. The summed E-state index contributed by atoms with van der Waals surface area (Å²) in [5.74, 6) is -2.77. The zero-order chi connectivity index (χ0) is 24.9. The Hall–Kier alpha value is -4.72. The minimum absolute atomic E-state index is 0.0947. The lowest BCUT2D eigenvalue weighted by Crippen LogP contribution is -2.22. The van der Waals surface area contributed by atoms with E-state index in [1.54, 1.807) is 37.3 Å². The van der Waals surface area contributed by atoms with Gasteiger partial charge in [-0.1, -0.05) is 44.4 Å². The average Bonchev–Trinajstić information content (AvgIpc) is 3.44. The molecule has 1 aromatic rings. The van der Waals surface area contributed by atoms with E-state index in [2.05, 4.69) is 23.8 Å². The van der Waals surface area contributed by atoms with Crippen LogP contribution in [0.25, 0.3) is 5.57 Å². The molecule has 0 bridgehead atoms. The van der Waals surface area contributed by atoms with Crippen molar-refractivity contribution in [3.05, 3.63) is 107 Å². The second-order valence-electron chi connectivity index (χ2n) is 8.15. The molecule has 4 aliphatic heterocycles. The first kappa shape index (κ1) is 22.1. The molecule has 2 N–H and O–H groups in total. The third-order valence-electron chi connectivity index (χ3n) is 6.15. The van der Waals surface area contributed by atoms with Gasteiger partial charge in [-0.2, -0.15) is 0 Å². The fraction of sp³-hybridized carbons (Fsp3) is 0.111. The van der Waals surface area contributed by atoms with E-state index < -0.39 is 29.7 Å². The molecular weight excluding hydrogens is 448 g/mol. The topological polar surface area (TPSA) is 111 Å². The Morgan fingerprint density at radius 1 is 0.943 bits per heavy atom. The first-order valence-electron chi connectivity index (χ1n) is 10.9. The van der Waals surface area contributed by atoms with Crippen LogP contribution in [0.15, 0.2) is 101 Å². The Morgan fingerprint density at radius 3 is 2.43 bits per heavy atom. The number of fused-ring (bicyclic) bond motifs is 2. The van der Waals surface area contributed by atoms with Gasteiger partial charge in [0.25, 0.3) is 11.8 Å². The van der Waals surface area contributed by atoms with E-state index in [0.717, 1.165) is 0 Å². The number of benzene rings is 1. The van der Waals surface area contributed by atoms with E-state index in [0.29, 0.717) is 28.1 Å². The molecule has 2 amide bonds. The largest absolute Gasteiger partial charge is 0.458 e. The molecule has 0 spiro atoms.